The molecule has 15 heavy (non-hydrogen) atoms. The van der Waals surface area contributed by atoms with E-state index in [9.17, 15) is 9.90 Å². The fourth-order valence-corrected chi connectivity index (χ4v) is 0.976. The van der Waals surface area contributed by atoms with Crippen molar-refractivity contribution >= 4 is 6.09 Å². The summed E-state index contributed by atoms with van der Waals surface area (Å²) < 4.78 is 9.87. The van der Waals surface area contributed by atoms with Crippen LogP contribution in [0.1, 0.15) is 20.8 Å². The Hall–Kier alpha value is -0.810. The Labute approximate surface area is 91.0 Å². The quantitative estimate of drug-likeness (QED) is 0.762. The van der Waals surface area contributed by atoms with Crippen LogP contribution in [-0.4, -0.2) is 55.1 Å². The summed E-state index contributed by atoms with van der Waals surface area (Å²) in [6.45, 7) is 5.79. The Morgan fingerprint density at radius 3 is 2.40 bits per heavy atom. The minimum Gasteiger partial charge on any atom is -0.444 e. The van der Waals surface area contributed by atoms with Crippen molar-refractivity contribution in [2.24, 2.45) is 0 Å². The van der Waals surface area contributed by atoms with Crippen molar-refractivity contribution in [2.75, 3.05) is 27.3 Å². The minimum absolute atomic E-state index is 0.197. The normalized spacial score (nSPS) is 13.5. The lowest BCUT2D eigenvalue weighted by molar-refractivity contribution is 0.00855. The monoisotopic (exact) mass is 219 g/mol. The van der Waals surface area contributed by atoms with Gasteiger partial charge in [0.15, 0.2) is 0 Å². The van der Waals surface area contributed by atoms with Crippen molar-refractivity contribution in [1.29, 1.82) is 0 Å². The first kappa shape index (κ1) is 14.2. The van der Waals surface area contributed by atoms with Crippen LogP contribution in [0.2, 0.25) is 0 Å². The first-order valence-corrected chi connectivity index (χ1v) is 4.87. The Morgan fingerprint density at radius 1 is 1.47 bits per heavy atom. The summed E-state index contributed by atoms with van der Waals surface area (Å²) in [5, 5.41) is 9.39. The summed E-state index contributed by atoms with van der Waals surface area (Å²) in [5.41, 5.74) is -0.516. The SMILES string of the molecule is COCC(O)CN(C)C(=O)OC(C)(C)C. The molecule has 0 saturated heterocycles. The summed E-state index contributed by atoms with van der Waals surface area (Å²) in [6, 6.07) is 0. The first-order chi connectivity index (χ1) is 6.76. The van der Waals surface area contributed by atoms with Gasteiger partial charge >= 0.3 is 6.09 Å². The molecule has 0 bridgehead atoms. The number of methoxy groups -OCH3 is 1. The number of rotatable bonds is 4. The highest BCUT2D eigenvalue weighted by Gasteiger charge is 2.20. The van der Waals surface area contributed by atoms with E-state index in [1.807, 2.05) is 0 Å². The number of hydrogen-bond acceptors (Lipinski definition) is 4. The average Bonchev–Trinajstić information content (AvgIpc) is 2.00. The summed E-state index contributed by atoms with van der Waals surface area (Å²) in [7, 11) is 3.07. The van der Waals surface area contributed by atoms with Gasteiger partial charge < -0.3 is 19.5 Å². The van der Waals surface area contributed by atoms with Gasteiger partial charge in [0.1, 0.15) is 5.60 Å². The third kappa shape index (κ3) is 7.16. The van der Waals surface area contributed by atoms with E-state index >= 15 is 0 Å². The second-order valence-electron chi connectivity index (χ2n) is 4.47. The largest absolute Gasteiger partial charge is 0.444 e. The molecular formula is C10H21NO4. The number of aliphatic hydroxyl groups excluding tert-OH is 1. The topological polar surface area (TPSA) is 59.0 Å². The molecular weight excluding hydrogens is 198 g/mol. The lowest BCUT2D eigenvalue weighted by atomic mass is 10.2. The van der Waals surface area contributed by atoms with Crippen LogP contribution in [0.15, 0.2) is 0 Å². The smallest absolute Gasteiger partial charge is 0.410 e. The minimum atomic E-state index is -0.687. The highest BCUT2D eigenvalue weighted by atomic mass is 16.6. The standard InChI is InChI=1S/C10H21NO4/c1-10(2,3)15-9(13)11(4)6-8(12)7-14-5/h8,12H,6-7H2,1-5H3. The zero-order valence-electron chi connectivity index (χ0n) is 10.1. The number of hydrogen-bond donors (Lipinski definition) is 1. The van der Waals surface area contributed by atoms with Crippen LogP contribution in [0.25, 0.3) is 0 Å². The van der Waals surface area contributed by atoms with Gasteiger partial charge in [-0.2, -0.15) is 0 Å². The van der Waals surface area contributed by atoms with Crippen molar-refractivity contribution in [1.82, 2.24) is 4.90 Å². The van der Waals surface area contributed by atoms with Crippen LogP contribution in [0.5, 0.6) is 0 Å². The van der Waals surface area contributed by atoms with E-state index < -0.39 is 17.8 Å². The highest BCUT2D eigenvalue weighted by molar-refractivity contribution is 5.67. The summed E-state index contributed by atoms with van der Waals surface area (Å²) in [5.74, 6) is 0. The number of carbonyl (C=O) groups is 1. The van der Waals surface area contributed by atoms with E-state index in [4.69, 9.17) is 9.47 Å². The fourth-order valence-electron chi connectivity index (χ4n) is 0.976. The van der Waals surface area contributed by atoms with Crippen LogP contribution in [-0.2, 0) is 9.47 Å². The molecule has 0 aliphatic heterocycles. The van der Waals surface area contributed by atoms with Crippen LogP contribution in [0.3, 0.4) is 0 Å². The lowest BCUT2D eigenvalue weighted by Crippen LogP contribution is -2.39. The third-order valence-electron chi connectivity index (χ3n) is 1.55. The van der Waals surface area contributed by atoms with Gasteiger partial charge in [-0.1, -0.05) is 0 Å². The first-order valence-electron chi connectivity index (χ1n) is 4.87. The number of aliphatic hydroxyl groups is 1. The van der Waals surface area contributed by atoms with Crippen molar-refractivity contribution in [3.63, 3.8) is 0 Å². The molecule has 0 aliphatic carbocycles. The molecule has 0 aromatic heterocycles. The van der Waals surface area contributed by atoms with E-state index in [1.54, 1.807) is 27.8 Å². The maximum atomic E-state index is 11.5. The van der Waals surface area contributed by atoms with Gasteiger partial charge in [-0.3, -0.25) is 0 Å². The molecule has 0 radical (unpaired) electrons. The molecule has 5 heteroatoms. The number of nitrogens with zero attached hydrogens (tertiary/aromatic N) is 1. The number of amides is 1. The van der Waals surface area contributed by atoms with E-state index in [1.165, 1.54) is 12.0 Å². The maximum absolute atomic E-state index is 11.5. The Balaban J connectivity index is 3.99. The molecule has 1 atom stereocenters. The Bertz CT molecular complexity index is 200. The Kier molecular flexibility index (Phi) is 5.60. The zero-order chi connectivity index (χ0) is 12.1. The average molecular weight is 219 g/mol. The molecule has 0 spiro atoms. The number of ether oxygens (including phenoxy) is 2. The van der Waals surface area contributed by atoms with Gasteiger partial charge in [-0.25, -0.2) is 4.79 Å². The summed E-state index contributed by atoms with van der Waals surface area (Å²) in [6.07, 6.45) is -1.13. The molecule has 5 nitrogen and oxygen atoms in total. The molecule has 0 heterocycles. The van der Waals surface area contributed by atoms with Gasteiger partial charge in [-0.15, -0.1) is 0 Å². The molecule has 0 rings (SSSR count). The van der Waals surface area contributed by atoms with Crippen molar-refractivity contribution in [3.05, 3.63) is 0 Å². The van der Waals surface area contributed by atoms with E-state index in [-0.39, 0.29) is 13.2 Å². The summed E-state index contributed by atoms with van der Waals surface area (Å²) >= 11 is 0. The predicted octanol–water partition coefficient (Wildman–Crippen LogP) is 0.861. The predicted molar refractivity (Wildman–Crippen MR) is 56.7 cm³/mol. The molecule has 0 aromatic rings. The van der Waals surface area contributed by atoms with Crippen LogP contribution in [0.4, 0.5) is 4.79 Å². The zero-order valence-corrected chi connectivity index (χ0v) is 10.1. The van der Waals surface area contributed by atoms with E-state index in [0.717, 1.165) is 0 Å². The molecule has 0 aliphatic rings. The van der Waals surface area contributed by atoms with Crippen molar-refractivity contribution in [3.8, 4) is 0 Å². The molecule has 0 aromatic carbocycles. The highest BCUT2D eigenvalue weighted by Crippen LogP contribution is 2.09. The maximum Gasteiger partial charge on any atom is 0.410 e. The third-order valence-corrected chi connectivity index (χ3v) is 1.55. The molecule has 1 unspecified atom stereocenters. The van der Waals surface area contributed by atoms with E-state index in [2.05, 4.69) is 0 Å². The van der Waals surface area contributed by atoms with Gasteiger partial charge in [0.25, 0.3) is 0 Å². The molecule has 90 valence electrons. The summed E-state index contributed by atoms with van der Waals surface area (Å²) in [4.78, 5) is 12.8. The van der Waals surface area contributed by atoms with Crippen molar-refractivity contribution < 1.29 is 19.4 Å². The van der Waals surface area contributed by atoms with Crippen LogP contribution >= 0.6 is 0 Å². The van der Waals surface area contributed by atoms with Gasteiger partial charge in [0, 0.05) is 14.2 Å². The van der Waals surface area contributed by atoms with Crippen molar-refractivity contribution in [2.45, 2.75) is 32.5 Å². The molecule has 1 amide bonds. The van der Waals surface area contributed by atoms with E-state index in [0.29, 0.717) is 0 Å². The lowest BCUT2D eigenvalue weighted by Gasteiger charge is -2.25. The fraction of sp³-hybridized carbons (Fsp3) is 0.900. The molecule has 1 N–H and O–H groups in total. The van der Waals surface area contributed by atoms with Gasteiger partial charge in [-0.05, 0) is 20.8 Å². The second-order valence-corrected chi connectivity index (χ2v) is 4.47. The van der Waals surface area contributed by atoms with Crippen LogP contribution < -0.4 is 0 Å². The number of carbonyl (C=O) groups excluding carboxylic acids is 1. The second kappa shape index (κ2) is 5.92. The number of likely N-dealkylation sites (N-methyl/N-ethyl adjacent to an activating group) is 1. The van der Waals surface area contributed by atoms with Gasteiger partial charge in [0.05, 0.1) is 19.3 Å². The van der Waals surface area contributed by atoms with Crippen LogP contribution in [0, 0.1) is 0 Å². The van der Waals surface area contributed by atoms with Gasteiger partial charge in [0.2, 0.25) is 0 Å². The molecule has 0 saturated carbocycles. The Morgan fingerprint density at radius 2 is 2.00 bits per heavy atom. The molecule has 0 fully saturated rings.